The highest BCUT2D eigenvalue weighted by atomic mass is 16.2. The average Bonchev–Trinajstić information content (AvgIpc) is 3.15. The fourth-order valence-corrected chi connectivity index (χ4v) is 3.39. The molecule has 118 valence electrons. The maximum absolute atomic E-state index is 12.6. The van der Waals surface area contributed by atoms with E-state index in [0.29, 0.717) is 0 Å². The van der Waals surface area contributed by atoms with Gasteiger partial charge in [0.2, 0.25) is 11.8 Å². The molecule has 0 aromatic heterocycles. The zero-order chi connectivity index (χ0) is 15.7. The van der Waals surface area contributed by atoms with Gasteiger partial charge >= 0.3 is 0 Å². The average molecular weight is 300 g/mol. The molecule has 1 aromatic carbocycles. The molecule has 0 radical (unpaired) electrons. The van der Waals surface area contributed by atoms with E-state index in [1.807, 2.05) is 36.9 Å². The van der Waals surface area contributed by atoms with E-state index in [9.17, 15) is 9.59 Å². The molecule has 1 heterocycles. The number of anilines is 2. The van der Waals surface area contributed by atoms with Gasteiger partial charge in [0.15, 0.2) is 0 Å². The number of amides is 2. The Bertz CT molecular complexity index is 589. The van der Waals surface area contributed by atoms with Crippen LogP contribution in [0.25, 0.3) is 0 Å². The van der Waals surface area contributed by atoms with Crippen LogP contribution in [0.15, 0.2) is 18.2 Å². The summed E-state index contributed by atoms with van der Waals surface area (Å²) in [5.74, 6) is 0.493. The van der Waals surface area contributed by atoms with Crippen LogP contribution in [0.5, 0.6) is 0 Å². The number of fused-ring (bicyclic) bond motifs is 1. The van der Waals surface area contributed by atoms with Crippen molar-refractivity contribution in [3.63, 3.8) is 0 Å². The van der Waals surface area contributed by atoms with Crippen molar-refractivity contribution in [2.24, 2.45) is 11.8 Å². The van der Waals surface area contributed by atoms with E-state index < -0.39 is 0 Å². The Labute approximate surface area is 131 Å². The lowest BCUT2D eigenvalue weighted by Gasteiger charge is -2.21. The Hall–Kier alpha value is -1.84. The zero-order valence-electron chi connectivity index (χ0n) is 13.4. The summed E-state index contributed by atoms with van der Waals surface area (Å²) in [5, 5.41) is 2.93. The maximum atomic E-state index is 12.6. The van der Waals surface area contributed by atoms with Gasteiger partial charge in [-0.25, -0.2) is 0 Å². The Morgan fingerprint density at radius 3 is 2.64 bits per heavy atom. The molecule has 2 amide bonds. The molecule has 1 aliphatic carbocycles. The van der Waals surface area contributed by atoms with Crippen molar-refractivity contribution in [3.8, 4) is 0 Å². The highest BCUT2D eigenvalue weighted by Crippen LogP contribution is 2.34. The molecule has 22 heavy (non-hydrogen) atoms. The van der Waals surface area contributed by atoms with Crippen LogP contribution in [0, 0.1) is 11.8 Å². The van der Waals surface area contributed by atoms with Crippen LogP contribution >= 0.6 is 0 Å². The number of carbonyl (C=O) groups is 2. The van der Waals surface area contributed by atoms with Crippen molar-refractivity contribution in [1.29, 1.82) is 0 Å². The number of nitrogens with zero attached hydrogens (tertiary/aromatic N) is 1. The molecule has 0 saturated heterocycles. The van der Waals surface area contributed by atoms with Crippen molar-refractivity contribution >= 4 is 23.2 Å². The summed E-state index contributed by atoms with van der Waals surface area (Å²) >= 11 is 0. The monoisotopic (exact) mass is 300 g/mol. The van der Waals surface area contributed by atoms with Crippen LogP contribution < -0.4 is 10.2 Å². The normalized spacial score (nSPS) is 17.9. The highest BCUT2D eigenvalue weighted by molar-refractivity contribution is 5.98. The summed E-state index contributed by atoms with van der Waals surface area (Å²) in [5.41, 5.74) is 3.01. The van der Waals surface area contributed by atoms with Crippen LogP contribution in [0.3, 0.4) is 0 Å². The Balaban J connectivity index is 1.75. The minimum Gasteiger partial charge on any atom is -0.326 e. The van der Waals surface area contributed by atoms with Gasteiger partial charge in [0, 0.05) is 29.8 Å². The van der Waals surface area contributed by atoms with Gasteiger partial charge in [-0.1, -0.05) is 26.7 Å². The Morgan fingerprint density at radius 2 is 1.95 bits per heavy atom. The van der Waals surface area contributed by atoms with Crippen molar-refractivity contribution in [1.82, 2.24) is 0 Å². The van der Waals surface area contributed by atoms with Gasteiger partial charge in [0.05, 0.1) is 0 Å². The molecule has 1 N–H and O–H groups in total. The number of rotatable bonds is 3. The zero-order valence-corrected chi connectivity index (χ0v) is 13.4. The molecular weight excluding hydrogens is 276 g/mol. The molecule has 4 heteroatoms. The number of carbonyl (C=O) groups excluding carboxylic acids is 2. The lowest BCUT2D eigenvalue weighted by molar-refractivity contribution is -0.122. The fourth-order valence-electron chi connectivity index (χ4n) is 3.39. The van der Waals surface area contributed by atoms with Crippen molar-refractivity contribution < 1.29 is 9.59 Å². The molecule has 4 nitrogen and oxygen atoms in total. The minimum absolute atomic E-state index is 0.0248. The second kappa shape index (κ2) is 6.11. The molecule has 2 aliphatic rings. The molecule has 1 aromatic rings. The predicted octanol–water partition coefficient (Wildman–Crippen LogP) is 3.36. The van der Waals surface area contributed by atoms with Crippen molar-refractivity contribution in [3.05, 3.63) is 23.8 Å². The van der Waals surface area contributed by atoms with E-state index in [1.54, 1.807) is 0 Å². The Kier molecular flexibility index (Phi) is 4.19. The lowest BCUT2D eigenvalue weighted by Crippen LogP contribution is -2.33. The van der Waals surface area contributed by atoms with Crippen LogP contribution in [0.4, 0.5) is 11.4 Å². The molecule has 3 rings (SSSR count). The van der Waals surface area contributed by atoms with E-state index in [4.69, 9.17) is 0 Å². The summed E-state index contributed by atoms with van der Waals surface area (Å²) in [6.45, 7) is 4.53. The highest BCUT2D eigenvalue weighted by Gasteiger charge is 2.31. The van der Waals surface area contributed by atoms with E-state index in [0.717, 1.165) is 42.7 Å². The lowest BCUT2D eigenvalue weighted by atomic mass is 10.1. The quantitative estimate of drug-likeness (QED) is 0.930. The standard InChI is InChI=1S/C18H24N2O2/c1-12(2)17(21)19-15-7-8-16-14(11-15)9-10-20(16)18(22)13-5-3-4-6-13/h7-8,11-13H,3-6,9-10H2,1-2H3,(H,19,21). The number of hydrogen-bond donors (Lipinski definition) is 1. The molecule has 0 unspecified atom stereocenters. The van der Waals surface area contributed by atoms with E-state index in [-0.39, 0.29) is 23.7 Å². The van der Waals surface area contributed by atoms with Crippen LogP contribution in [-0.2, 0) is 16.0 Å². The molecule has 0 spiro atoms. The molecular formula is C18H24N2O2. The number of benzene rings is 1. The Morgan fingerprint density at radius 1 is 1.23 bits per heavy atom. The van der Waals surface area contributed by atoms with Crippen LogP contribution in [0.2, 0.25) is 0 Å². The summed E-state index contributed by atoms with van der Waals surface area (Å²) in [6.07, 6.45) is 5.30. The number of nitrogens with one attached hydrogen (secondary N) is 1. The first-order valence-corrected chi connectivity index (χ1v) is 8.31. The van der Waals surface area contributed by atoms with Gasteiger partial charge < -0.3 is 10.2 Å². The van der Waals surface area contributed by atoms with Crippen molar-refractivity contribution in [2.45, 2.75) is 46.0 Å². The SMILES string of the molecule is CC(C)C(=O)Nc1ccc2c(c1)CCN2C(=O)C1CCCC1. The maximum Gasteiger partial charge on any atom is 0.230 e. The predicted molar refractivity (Wildman–Crippen MR) is 87.9 cm³/mol. The van der Waals surface area contributed by atoms with Crippen LogP contribution in [-0.4, -0.2) is 18.4 Å². The largest absolute Gasteiger partial charge is 0.326 e. The topological polar surface area (TPSA) is 49.4 Å². The summed E-state index contributed by atoms with van der Waals surface area (Å²) < 4.78 is 0. The van der Waals surface area contributed by atoms with Gasteiger partial charge in [-0.3, -0.25) is 9.59 Å². The second-order valence-electron chi connectivity index (χ2n) is 6.71. The third kappa shape index (κ3) is 2.87. The van der Waals surface area contributed by atoms with Gasteiger partial charge in [0.1, 0.15) is 0 Å². The third-order valence-electron chi connectivity index (χ3n) is 4.74. The van der Waals surface area contributed by atoms with Crippen molar-refractivity contribution in [2.75, 3.05) is 16.8 Å². The third-order valence-corrected chi connectivity index (χ3v) is 4.74. The first-order chi connectivity index (χ1) is 10.6. The first kappa shape index (κ1) is 15.1. The molecule has 1 fully saturated rings. The van der Waals surface area contributed by atoms with Gasteiger partial charge in [-0.05, 0) is 43.0 Å². The van der Waals surface area contributed by atoms with Gasteiger partial charge in [-0.15, -0.1) is 0 Å². The molecule has 1 aliphatic heterocycles. The first-order valence-electron chi connectivity index (χ1n) is 8.31. The van der Waals surface area contributed by atoms with Gasteiger partial charge in [-0.2, -0.15) is 0 Å². The number of hydrogen-bond acceptors (Lipinski definition) is 2. The summed E-state index contributed by atoms with van der Waals surface area (Å²) in [4.78, 5) is 26.3. The van der Waals surface area contributed by atoms with E-state index in [2.05, 4.69) is 5.32 Å². The fraction of sp³-hybridized carbons (Fsp3) is 0.556. The summed E-state index contributed by atoms with van der Waals surface area (Å²) in [6, 6.07) is 5.89. The minimum atomic E-state index is -0.0336. The summed E-state index contributed by atoms with van der Waals surface area (Å²) in [7, 11) is 0. The molecule has 1 saturated carbocycles. The van der Waals surface area contributed by atoms with E-state index >= 15 is 0 Å². The second-order valence-corrected chi connectivity index (χ2v) is 6.71. The van der Waals surface area contributed by atoms with E-state index in [1.165, 1.54) is 12.8 Å². The molecule has 0 atom stereocenters. The molecule has 0 bridgehead atoms. The van der Waals surface area contributed by atoms with Gasteiger partial charge in [0.25, 0.3) is 0 Å². The van der Waals surface area contributed by atoms with Crippen LogP contribution in [0.1, 0.15) is 45.1 Å². The smallest absolute Gasteiger partial charge is 0.230 e.